The van der Waals surface area contributed by atoms with E-state index in [1.54, 1.807) is 13.2 Å². The Morgan fingerprint density at radius 2 is 2.29 bits per heavy atom. The van der Waals surface area contributed by atoms with Gasteiger partial charge in [-0.1, -0.05) is 0 Å². The fraction of sp³-hybridized carbons (Fsp3) is 0.300. The van der Waals surface area contributed by atoms with E-state index in [9.17, 15) is 4.79 Å². The molecule has 74 valence electrons. The fourth-order valence-electron chi connectivity index (χ4n) is 1.43. The molecule has 1 N–H and O–H groups in total. The molecule has 4 nitrogen and oxygen atoms in total. The Labute approximate surface area is 81.8 Å². The lowest BCUT2D eigenvalue weighted by Gasteiger charge is -2.19. The molecule has 0 aromatic heterocycles. The van der Waals surface area contributed by atoms with Gasteiger partial charge in [-0.05, 0) is 18.6 Å². The topological polar surface area (TPSA) is 47.6 Å². The number of anilines is 1. The molecule has 0 unspecified atom stereocenters. The van der Waals surface area contributed by atoms with Gasteiger partial charge in [-0.25, -0.2) is 0 Å². The molecule has 4 heteroatoms. The van der Waals surface area contributed by atoms with Crippen LogP contribution in [0.5, 0.6) is 11.5 Å². The quantitative estimate of drug-likeness (QED) is 0.732. The number of rotatable bonds is 1. The van der Waals surface area contributed by atoms with Crippen molar-refractivity contribution in [3.8, 4) is 11.5 Å². The minimum absolute atomic E-state index is 0.0821. The Balaban J connectivity index is 2.46. The molecule has 14 heavy (non-hydrogen) atoms. The average molecular weight is 193 g/mol. The van der Waals surface area contributed by atoms with Crippen molar-refractivity contribution in [1.82, 2.24) is 0 Å². The highest BCUT2D eigenvalue weighted by Gasteiger charge is 2.17. The fourth-order valence-corrected chi connectivity index (χ4v) is 1.43. The van der Waals surface area contributed by atoms with Crippen molar-refractivity contribution in [3.63, 3.8) is 0 Å². The predicted molar refractivity (Wildman–Crippen MR) is 51.9 cm³/mol. The number of ether oxygens (including phenoxy) is 2. The second kappa shape index (κ2) is 3.21. The lowest BCUT2D eigenvalue weighted by molar-refractivity contribution is -0.118. The van der Waals surface area contributed by atoms with Crippen LogP contribution < -0.4 is 14.8 Å². The molecule has 1 aliphatic rings. The second-order valence-electron chi connectivity index (χ2n) is 3.15. The monoisotopic (exact) mass is 193 g/mol. The minimum atomic E-state index is -0.136. The van der Waals surface area contributed by atoms with E-state index in [1.807, 2.05) is 13.0 Å². The highest BCUT2D eigenvalue weighted by molar-refractivity contribution is 5.95. The summed E-state index contributed by atoms with van der Waals surface area (Å²) in [5.74, 6) is 1.31. The van der Waals surface area contributed by atoms with E-state index < -0.39 is 0 Å². The van der Waals surface area contributed by atoms with Crippen molar-refractivity contribution >= 4 is 11.6 Å². The zero-order chi connectivity index (χ0) is 10.1. The van der Waals surface area contributed by atoms with Gasteiger partial charge in [0, 0.05) is 6.07 Å². The maximum atomic E-state index is 11.0. The van der Waals surface area contributed by atoms with Crippen molar-refractivity contribution in [2.45, 2.75) is 6.92 Å². The van der Waals surface area contributed by atoms with Gasteiger partial charge < -0.3 is 14.8 Å². The molecular weight excluding hydrogens is 182 g/mol. The van der Waals surface area contributed by atoms with Crippen molar-refractivity contribution in [2.75, 3.05) is 19.0 Å². The molecule has 2 rings (SSSR count). The first-order valence-electron chi connectivity index (χ1n) is 4.32. The van der Waals surface area contributed by atoms with Crippen molar-refractivity contribution in [2.24, 2.45) is 0 Å². The van der Waals surface area contributed by atoms with Crippen molar-refractivity contribution in [3.05, 3.63) is 17.7 Å². The van der Waals surface area contributed by atoms with Crippen LogP contribution in [-0.2, 0) is 4.79 Å². The SMILES string of the molecule is COc1cc2c(cc1C)OCC(=O)N2. The van der Waals surface area contributed by atoms with Crippen LogP contribution in [0.1, 0.15) is 5.56 Å². The van der Waals surface area contributed by atoms with E-state index in [0.717, 1.165) is 11.3 Å². The van der Waals surface area contributed by atoms with Crippen LogP contribution in [0.4, 0.5) is 5.69 Å². The zero-order valence-electron chi connectivity index (χ0n) is 8.09. The average Bonchev–Trinajstić information content (AvgIpc) is 2.17. The molecule has 1 aromatic carbocycles. The molecule has 0 saturated carbocycles. The van der Waals surface area contributed by atoms with Crippen molar-refractivity contribution in [1.29, 1.82) is 0 Å². The van der Waals surface area contributed by atoms with E-state index >= 15 is 0 Å². The molecule has 1 amide bonds. The third kappa shape index (κ3) is 1.39. The zero-order valence-corrected chi connectivity index (χ0v) is 8.09. The molecule has 1 heterocycles. The Morgan fingerprint density at radius 1 is 1.50 bits per heavy atom. The highest BCUT2D eigenvalue weighted by Crippen LogP contribution is 2.34. The number of nitrogens with one attached hydrogen (secondary N) is 1. The number of hydrogen-bond donors (Lipinski definition) is 1. The summed E-state index contributed by atoms with van der Waals surface area (Å²) in [7, 11) is 1.60. The van der Waals surface area contributed by atoms with Crippen LogP contribution in [0, 0.1) is 6.92 Å². The van der Waals surface area contributed by atoms with Gasteiger partial charge in [0.1, 0.15) is 11.5 Å². The minimum Gasteiger partial charge on any atom is -0.496 e. The molecule has 0 saturated heterocycles. The molecular formula is C10H11NO3. The van der Waals surface area contributed by atoms with Crippen LogP contribution in [0.25, 0.3) is 0 Å². The molecule has 0 atom stereocenters. The van der Waals surface area contributed by atoms with Crippen LogP contribution in [0.15, 0.2) is 12.1 Å². The van der Waals surface area contributed by atoms with Gasteiger partial charge in [0.2, 0.25) is 0 Å². The van der Waals surface area contributed by atoms with E-state index in [0.29, 0.717) is 11.4 Å². The first kappa shape index (κ1) is 8.87. The van der Waals surface area contributed by atoms with Crippen LogP contribution in [0.2, 0.25) is 0 Å². The van der Waals surface area contributed by atoms with E-state index in [4.69, 9.17) is 9.47 Å². The Kier molecular flexibility index (Phi) is 2.04. The van der Waals surface area contributed by atoms with E-state index in [-0.39, 0.29) is 12.5 Å². The lowest BCUT2D eigenvalue weighted by atomic mass is 10.1. The number of benzene rings is 1. The number of aryl methyl sites for hydroxylation is 1. The third-order valence-electron chi connectivity index (χ3n) is 2.13. The largest absolute Gasteiger partial charge is 0.496 e. The standard InChI is InChI=1S/C10H11NO3/c1-6-3-9-7(4-8(6)13-2)11-10(12)5-14-9/h3-4H,5H2,1-2H3,(H,11,12). The molecule has 0 aliphatic carbocycles. The number of methoxy groups -OCH3 is 1. The first-order chi connectivity index (χ1) is 6.70. The number of carbonyl (C=O) groups is 1. The van der Waals surface area contributed by atoms with Crippen LogP contribution in [-0.4, -0.2) is 19.6 Å². The number of fused-ring (bicyclic) bond motifs is 1. The summed E-state index contributed by atoms with van der Waals surface area (Å²) in [5, 5.41) is 2.72. The highest BCUT2D eigenvalue weighted by atomic mass is 16.5. The smallest absolute Gasteiger partial charge is 0.262 e. The van der Waals surface area contributed by atoms with E-state index in [2.05, 4.69) is 5.32 Å². The predicted octanol–water partition coefficient (Wildman–Crippen LogP) is 1.33. The summed E-state index contributed by atoms with van der Waals surface area (Å²) in [6.07, 6.45) is 0. The summed E-state index contributed by atoms with van der Waals surface area (Å²) >= 11 is 0. The van der Waals surface area contributed by atoms with Crippen molar-refractivity contribution < 1.29 is 14.3 Å². The molecule has 1 aliphatic heterocycles. The maximum absolute atomic E-state index is 11.0. The Morgan fingerprint density at radius 3 is 3.00 bits per heavy atom. The molecule has 0 bridgehead atoms. The summed E-state index contributed by atoms with van der Waals surface area (Å²) in [5.41, 5.74) is 1.66. The number of amides is 1. The number of carbonyl (C=O) groups excluding carboxylic acids is 1. The van der Waals surface area contributed by atoms with Gasteiger partial charge in [-0.15, -0.1) is 0 Å². The summed E-state index contributed by atoms with van der Waals surface area (Å²) in [6, 6.07) is 3.62. The van der Waals surface area contributed by atoms with E-state index in [1.165, 1.54) is 0 Å². The third-order valence-corrected chi connectivity index (χ3v) is 2.13. The molecule has 1 aromatic rings. The number of hydrogen-bond acceptors (Lipinski definition) is 3. The van der Waals surface area contributed by atoms with Gasteiger partial charge in [0.15, 0.2) is 6.61 Å². The molecule has 0 fully saturated rings. The molecule has 0 spiro atoms. The maximum Gasteiger partial charge on any atom is 0.262 e. The summed E-state index contributed by atoms with van der Waals surface area (Å²) in [4.78, 5) is 11.0. The van der Waals surface area contributed by atoms with Gasteiger partial charge in [0.05, 0.1) is 12.8 Å². The first-order valence-corrected chi connectivity index (χ1v) is 4.32. The second-order valence-corrected chi connectivity index (χ2v) is 3.15. The van der Waals surface area contributed by atoms with Gasteiger partial charge in [-0.2, -0.15) is 0 Å². The van der Waals surface area contributed by atoms with Gasteiger partial charge >= 0.3 is 0 Å². The van der Waals surface area contributed by atoms with Gasteiger partial charge in [0.25, 0.3) is 5.91 Å². The van der Waals surface area contributed by atoms with Crippen LogP contribution >= 0.6 is 0 Å². The summed E-state index contributed by atoms with van der Waals surface area (Å²) in [6.45, 7) is 2.01. The Hall–Kier alpha value is -1.71. The molecule has 0 radical (unpaired) electrons. The van der Waals surface area contributed by atoms with Gasteiger partial charge in [-0.3, -0.25) is 4.79 Å². The van der Waals surface area contributed by atoms with Crippen LogP contribution in [0.3, 0.4) is 0 Å². The normalized spacial score (nSPS) is 14.0. The summed E-state index contributed by atoms with van der Waals surface area (Å²) < 4.78 is 10.4. The Bertz CT molecular complexity index is 387. The lowest BCUT2D eigenvalue weighted by Crippen LogP contribution is -2.25.